The number of hydrogen-bond donors (Lipinski definition) is 1. The van der Waals surface area contributed by atoms with Gasteiger partial charge in [0.25, 0.3) is 0 Å². The molecule has 0 rings (SSSR count). The molecule has 0 aliphatic carbocycles. The molecule has 1 unspecified atom stereocenters. The first-order chi connectivity index (χ1) is 5.57. The predicted molar refractivity (Wildman–Crippen MR) is 47.7 cm³/mol. The number of aliphatic carboxylic acids is 1. The topological polar surface area (TPSA) is 60.4 Å². The summed E-state index contributed by atoms with van der Waals surface area (Å²) in [5.74, 6) is -1.21. The van der Waals surface area contributed by atoms with Crippen molar-refractivity contribution in [1.29, 1.82) is 0 Å². The fourth-order valence-electron chi connectivity index (χ4n) is 0.883. The average Bonchev–Trinajstić information content (AvgIpc) is 1.82. The van der Waals surface area contributed by atoms with Crippen LogP contribution in [0.2, 0.25) is 0 Å². The van der Waals surface area contributed by atoms with Crippen LogP contribution in [0.25, 0.3) is 0 Å². The molecule has 0 bridgehead atoms. The summed E-state index contributed by atoms with van der Waals surface area (Å²) in [5.41, 5.74) is -1.19. The molecule has 1 atom stereocenters. The third-order valence-corrected chi connectivity index (χ3v) is 2.08. The molecule has 0 spiro atoms. The molecule has 4 heteroatoms. The Morgan fingerprint density at radius 1 is 1.46 bits per heavy atom. The minimum Gasteiger partial charge on any atom is -0.549 e. The smallest absolute Gasteiger partial charge is 0.113 e. The summed E-state index contributed by atoms with van der Waals surface area (Å²) in [7, 11) is 5.69. The third-order valence-electron chi connectivity index (χ3n) is 2.08. The molecule has 0 aromatic carbocycles. The molecule has 0 aliphatic rings. The van der Waals surface area contributed by atoms with Crippen molar-refractivity contribution in [2.75, 3.05) is 27.7 Å². The Labute approximate surface area is 79.4 Å². The van der Waals surface area contributed by atoms with Gasteiger partial charge in [0.1, 0.15) is 12.6 Å². The number of carbonyl (C=O) groups excluding carboxylic acids is 1. The SMILES string of the molecule is CC(C)(C(=O)[O-])C(O)C[N+](C)(C)C. The molecule has 0 fully saturated rings. The molecular weight excluding hydrogens is 170 g/mol. The lowest BCUT2D eigenvalue weighted by Gasteiger charge is -2.35. The van der Waals surface area contributed by atoms with E-state index in [2.05, 4.69) is 0 Å². The van der Waals surface area contributed by atoms with Gasteiger partial charge in [-0.05, 0) is 0 Å². The van der Waals surface area contributed by atoms with Gasteiger partial charge in [0.15, 0.2) is 0 Å². The van der Waals surface area contributed by atoms with Gasteiger partial charge in [0, 0.05) is 11.4 Å². The first-order valence-corrected chi connectivity index (χ1v) is 4.27. The van der Waals surface area contributed by atoms with Gasteiger partial charge in [-0.15, -0.1) is 0 Å². The number of carboxylic acids is 1. The molecule has 4 nitrogen and oxygen atoms in total. The second kappa shape index (κ2) is 3.64. The number of rotatable bonds is 4. The van der Waals surface area contributed by atoms with Crippen molar-refractivity contribution in [3.8, 4) is 0 Å². The molecule has 13 heavy (non-hydrogen) atoms. The van der Waals surface area contributed by atoms with Gasteiger partial charge in [0.2, 0.25) is 0 Å². The van der Waals surface area contributed by atoms with Crippen LogP contribution in [-0.2, 0) is 4.79 Å². The normalized spacial score (nSPS) is 15.5. The van der Waals surface area contributed by atoms with Crippen LogP contribution < -0.4 is 5.11 Å². The Hall–Kier alpha value is -0.610. The van der Waals surface area contributed by atoms with E-state index in [9.17, 15) is 15.0 Å². The summed E-state index contributed by atoms with van der Waals surface area (Å²) in [6, 6.07) is 0. The standard InChI is InChI=1S/C9H19NO3/c1-9(2,8(12)13)7(11)6-10(3,4)5/h7,11H,6H2,1-5H3. The highest BCUT2D eigenvalue weighted by atomic mass is 16.4. The fourth-order valence-corrected chi connectivity index (χ4v) is 0.883. The number of carbonyl (C=O) groups is 1. The molecule has 0 radical (unpaired) electrons. The summed E-state index contributed by atoms with van der Waals surface area (Å²) in [6.07, 6.45) is -0.891. The second-order valence-corrected chi connectivity index (χ2v) is 5.00. The fraction of sp³-hybridized carbons (Fsp3) is 0.889. The summed E-state index contributed by atoms with van der Waals surface area (Å²) < 4.78 is 0.526. The number of aliphatic hydroxyl groups is 1. The molecule has 0 heterocycles. The lowest BCUT2D eigenvalue weighted by Crippen LogP contribution is -2.53. The summed E-state index contributed by atoms with van der Waals surface area (Å²) in [5, 5.41) is 20.3. The number of quaternary nitrogens is 1. The maximum absolute atomic E-state index is 10.7. The van der Waals surface area contributed by atoms with Crippen LogP contribution >= 0.6 is 0 Å². The maximum Gasteiger partial charge on any atom is 0.113 e. The summed E-state index contributed by atoms with van der Waals surface area (Å²) in [4.78, 5) is 10.7. The molecule has 78 valence electrons. The van der Waals surface area contributed by atoms with Gasteiger partial charge in [-0.2, -0.15) is 0 Å². The van der Waals surface area contributed by atoms with Crippen LogP contribution in [0.5, 0.6) is 0 Å². The predicted octanol–water partition coefficient (Wildman–Crippen LogP) is -1.17. The number of likely N-dealkylation sites (N-methyl/N-ethyl adjacent to an activating group) is 1. The van der Waals surface area contributed by atoms with E-state index in [-0.39, 0.29) is 0 Å². The zero-order chi connectivity index (χ0) is 10.9. The number of nitrogens with zero attached hydrogens (tertiary/aromatic N) is 1. The molecule has 0 saturated heterocycles. The van der Waals surface area contributed by atoms with Crippen LogP contribution in [0.15, 0.2) is 0 Å². The van der Waals surface area contributed by atoms with Gasteiger partial charge in [-0.3, -0.25) is 0 Å². The largest absolute Gasteiger partial charge is 0.549 e. The van der Waals surface area contributed by atoms with Crippen LogP contribution in [0.4, 0.5) is 0 Å². The van der Waals surface area contributed by atoms with Crippen LogP contribution in [0.3, 0.4) is 0 Å². The van der Waals surface area contributed by atoms with E-state index in [0.717, 1.165) is 0 Å². The van der Waals surface area contributed by atoms with E-state index < -0.39 is 17.5 Å². The first kappa shape index (κ1) is 12.4. The number of aliphatic hydroxyl groups excluding tert-OH is 1. The molecule has 0 saturated carbocycles. The Morgan fingerprint density at radius 2 is 1.85 bits per heavy atom. The van der Waals surface area contributed by atoms with Gasteiger partial charge < -0.3 is 19.5 Å². The van der Waals surface area contributed by atoms with E-state index in [4.69, 9.17) is 0 Å². The van der Waals surface area contributed by atoms with Gasteiger partial charge in [-0.25, -0.2) is 0 Å². The van der Waals surface area contributed by atoms with Crippen molar-refractivity contribution in [2.24, 2.45) is 5.41 Å². The first-order valence-electron chi connectivity index (χ1n) is 4.27. The third kappa shape index (κ3) is 3.74. The lowest BCUT2D eigenvalue weighted by molar-refractivity contribution is -0.874. The highest BCUT2D eigenvalue weighted by molar-refractivity contribution is 5.72. The molecule has 0 aliphatic heterocycles. The van der Waals surface area contributed by atoms with Crippen molar-refractivity contribution in [3.05, 3.63) is 0 Å². The molecule has 0 aromatic heterocycles. The van der Waals surface area contributed by atoms with Crippen molar-refractivity contribution in [2.45, 2.75) is 20.0 Å². The Morgan fingerprint density at radius 3 is 2.08 bits per heavy atom. The van der Waals surface area contributed by atoms with Gasteiger partial charge in [0.05, 0.1) is 21.1 Å². The average molecular weight is 189 g/mol. The molecular formula is C9H19NO3. The highest BCUT2D eigenvalue weighted by Crippen LogP contribution is 2.20. The van der Waals surface area contributed by atoms with E-state index >= 15 is 0 Å². The number of carboxylic acid groups (broad SMARTS) is 1. The van der Waals surface area contributed by atoms with Crippen molar-refractivity contribution < 1.29 is 19.5 Å². The summed E-state index contributed by atoms with van der Waals surface area (Å²) >= 11 is 0. The van der Waals surface area contributed by atoms with Crippen molar-refractivity contribution in [1.82, 2.24) is 0 Å². The zero-order valence-corrected chi connectivity index (χ0v) is 9.00. The molecule has 0 amide bonds. The van der Waals surface area contributed by atoms with E-state index in [1.807, 2.05) is 21.1 Å². The van der Waals surface area contributed by atoms with Crippen LogP contribution in [0.1, 0.15) is 13.8 Å². The zero-order valence-electron chi connectivity index (χ0n) is 9.00. The van der Waals surface area contributed by atoms with Crippen LogP contribution in [0, 0.1) is 5.41 Å². The van der Waals surface area contributed by atoms with Crippen molar-refractivity contribution in [3.63, 3.8) is 0 Å². The van der Waals surface area contributed by atoms with E-state index in [0.29, 0.717) is 11.0 Å². The van der Waals surface area contributed by atoms with E-state index in [1.165, 1.54) is 13.8 Å². The monoisotopic (exact) mass is 189 g/mol. The maximum atomic E-state index is 10.7. The molecule has 0 aromatic rings. The Balaban J connectivity index is 4.43. The Kier molecular flexibility index (Phi) is 3.47. The van der Waals surface area contributed by atoms with Gasteiger partial charge >= 0.3 is 0 Å². The van der Waals surface area contributed by atoms with Crippen LogP contribution in [-0.4, -0.2) is 49.4 Å². The Bertz CT molecular complexity index is 194. The van der Waals surface area contributed by atoms with E-state index in [1.54, 1.807) is 0 Å². The minimum absolute atomic E-state index is 0.390. The minimum atomic E-state index is -1.21. The quantitative estimate of drug-likeness (QED) is 0.567. The number of hydrogen-bond acceptors (Lipinski definition) is 3. The molecule has 1 N–H and O–H groups in total. The van der Waals surface area contributed by atoms with Gasteiger partial charge in [-0.1, -0.05) is 13.8 Å². The second-order valence-electron chi connectivity index (χ2n) is 5.00. The van der Waals surface area contributed by atoms with Crippen molar-refractivity contribution >= 4 is 5.97 Å². The summed E-state index contributed by atoms with van der Waals surface area (Å²) in [6.45, 7) is 3.34. The highest BCUT2D eigenvalue weighted by Gasteiger charge is 2.33. The lowest BCUT2D eigenvalue weighted by atomic mass is 9.86.